The molecule has 0 aromatic carbocycles. The van der Waals surface area contributed by atoms with Gasteiger partial charge in [0, 0.05) is 31.4 Å². The molecule has 16 heteroatoms. The van der Waals surface area contributed by atoms with Crippen molar-refractivity contribution in [3.63, 3.8) is 0 Å². The fourth-order valence-electron chi connectivity index (χ4n) is 2.94. The van der Waals surface area contributed by atoms with Gasteiger partial charge in [0.2, 0.25) is 0 Å². The van der Waals surface area contributed by atoms with E-state index in [1.165, 1.54) is 32.1 Å². The van der Waals surface area contributed by atoms with Crippen LogP contribution in [-0.2, 0) is 19.1 Å². The summed E-state index contributed by atoms with van der Waals surface area (Å²) < 4.78 is 5.02. The molecule has 0 aromatic rings. The molecule has 0 saturated carbocycles. The van der Waals surface area contributed by atoms with Crippen LogP contribution in [0.2, 0.25) is 0 Å². The predicted octanol–water partition coefficient (Wildman–Crippen LogP) is -10.0. The van der Waals surface area contributed by atoms with E-state index in [-0.39, 0.29) is 65.7 Å². The number of carbonyl (C=O) groups is 3. The van der Waals surface area contributed by atoms with Crippen LogP contribution in [0.1, 0.15) is 71.1 Å². The van der Waals surface area contributed by atoms with E-state index < -0.39 is 73.7 Å². The summed E-state index contributed by atoms with van der Waals surface area (Å²) in [4.78, 5) is 30.2. The molecule has 0 aromatic heterocycles. The fraction of sp³-hybridized carbons (Fsp3) is 0.864. The number of aliphatic hydroxyl groups is 7. The number of ether oxygens (including phenoxy) is 1. The number of hydrogen-bond acceptors (Lipinski definition) is 13. The minimum absolute atomic E-state index is 0. The first-order valence-corrected chi connectivity index (χ1v) is 11.7. The van der Waals surface area contributed by atoms with Gasteiger partial charge in [0.1, 0.15) is 24.4 Å². The van der Waals surface area contributed by atoms with Crippen molar-refractivity contribution in [2.75, 3.05) is 13.2 Å². The van der Waals surface area contributed by atoms with Crippen molar-refractivity contribution in [1.82, 2.24) is 0 Å². The number of rotatable bonds is 20. The second kappa shape index (κ2) is 26.0. The van der Waals surface area contributed by atoms with E-state index in [9.17, 15) is 50.1 Å². The van der Waals surface area contributed by atoms with Crippen molar-refractivity contribution in [2.24, 2.45) is 0 Å². The van der Waals surface area contributed by atoms with Crippen LogP contribution in [0, 0.1) is 0 Å². The minimum Gasteiger partial charge on any atom is -0.550 e. The van der Waals surface area contributed by atoms with Gasteiger partial charge in [0.15, 0.2) is 11.9 Å². The molecule has 0 rings (SSSR count). The second-order valence-corrected chi connectivity index (χ2v) is 8.39. The average Bonchev–Trinajstić information content (AvgIpc) is 2.80. The monoisotopic (exact) mass is 574 g/mol. The maximum atomic E-state index is 10.3. The Kier molecular flexibility index (Phi) is 30.9. The molecule has 14 nitrogen and oxygen atoms in total. The van der Waals surface area contributed by atoms with Crippen LogP contribution in [0.15, 0.2) is 0 Å². The van der Waals surface area contributed by atoms with Gasteiger partial charge in [-0.25, -0.2) is 4.79 Å². The van der Waals surface area contributed by atoms with Gasteiger partial charge in [-0.1, -0.05) is 51.9 Å². The number of carboxylic acids is 3. The van der Waals surface area contributed by atoms with Gasteiger partial charge in [0.05, 0.1) is 6.61 Å². The Morgan fingerprint density at radius 3 is 1.55 bits per heavy atom. The van der Waals surface area contributed by atoms with E-state index in [0.29, 0.717) is 0 Å². The molecule has 38 heavy (non-hydrogen) atoms. The molecule has 0 radical (unpaired) electrons. The molecule has 214 valence electrons. The van der Waals surface area contributed by atoms with Gasteiger partial charge in [-0.05, 0) is 6.42 Å². The van der Waals surface area contributed by atoms with Crippen LogP contribution in [0.5, 0.6) is 0 Å². The Bertz CT molecular complexity index is 609. The Morgan fingerprint density at radius 2 is 1.18 bits per heavy atom. The first-order chi connectivity index (χ1) is 16.7. The van der Waals surface area contributed by atoms with Crippen LogP contribution in [0.3, 0.4) is 0 Å². The SMILES string of the molecule is CCCCCCCCCCOC(O)C(O)C(O)C(O)C(O)CO.O=C([O-])CC(O)(CC(=O)[O-])C(=O)O.[Na+].[Na+]. The van der Waals surface area contributed by atoms with Crippen LogP contribution >= 0.6 is 0 Å². The smallest absolute Gasteiger partial charge is 0.550 e. The Morgan fingerprint density at radius 1 is 0.763 bits per heavy atom. The summed E-state index contributed by atoms with van der Waals surface area (Å²) in [7, 11) is 0. The van der Waals surface area contributed by atoms with E-state index in [1.807, 2.05) is 0 Å². The summed E-state index contributed by atoms with van der Waals surface area (Å²) in [5.41, 5.74) is -2.86. The van der Waals surface area contributed by atoms with E-state index in [4.69, 9.17) is 20.1 Å². The third-order valence-electron chi connectivity index (χ3n) is 5.13. The minimum atomic E-state index is -2.86. The van der Waals surface area contributed by atoms with Crippen LogP contribution in [0.4, 0.5) is 0 Å². The molecule has 5 unspecified atom stereocenters. The molecule has 0 aliphatic heterocycles. The summed E-state index contributed by atoms with van der Waals surface area (Å²) in [5, 5.41) is 93.3. The summed E-state index contributed by atoms with van der Waals surface area (Å²) in [5.74, 6) is -5.65. The van der Waals surface area contributed by atoms with Crippen molar-refractivity contribution in [3.05, 3.63) is 0 Å². The zero-order valence-corrected chi connectivity index (χ0v) is 26.4. The van der Waals surface area contributed by atoms with Gasteiger partial charge in [0.25, 0.3) is 0 Å². The van der Waals surface area contributed by atoms with Crippen molar-refractivity contribution < 1.29 is 129 Å². The van der Waals surface area contributed by atoms with Crippen molar-refractivity contribution in [3.8, 4) is 0 Å². The molecule has 0 amide bonds. The Balaban J connectivity index is -0.000000331. The van der Waals surface area contributed by atoms with Crippen LogP contribution in [-0.4, -0.2) is 108 Å². The molecule has 8 N–H and O–H groups in total. The van der Waals surface area contributed by atoms with Crippen LogP contribution in [0.25, 0.3) is 0 Å². The maximum Gasteiger partial charge on any atom is 1.00 e. The fourth-order valence-corrected chi connectivity index (χ4v) is 2.94. The maximum absolute atomic E-state index is 10.3. The van der Waals surface area contributed by atoms with Gasteiger partial charge in [-0.15, -0.1) is 0 Å². The van der Waals surface area contributed by atoms with Gasteiger partial charge < -0.3 is 65.4 Å². The zero-order valence-electron chi connectivity index (χ0n) is 22.4. The topological polar surface area (TPSA) is 268 Å². The van der Waals surface area contributed by atoms with Crippen LogP contribution < -0.4 is 69.3 Å². The Hall–Kier alpha value is 0.0900. The number of aliphatic carboxylic acids is 3. The molecule has 0 bridgehead atoms. The van der Waals surface area contributed by atoms with Gasteiger partial charge in [-0.2, -0.15) is 0 Å². The zero-order chi connectivity index (χ0) is 28.3. The summed E-state index contributed by atoms with van der Waals surface area (Å²) in [6.07, 6.45) is -2.24. The molecule has 0 heterocycles. The normalized spacial score (nSPS) is 14.8. The molecule has 5 atom stereocenters. The Labute approximate surface area is 266 Å². The second-order valence-electron chi connectivity index (χ2n) is 8.39. The molecular formula is C22H40Na2O14. The molecule has 0 aliphatic rings. The third-order valence-corrected chi connectivity index (χ3v) is 5.13. The number of aliphatic hydroxyl groups excluding tert-OH is 6. The standard InChI is InChI=1S/C16H34O7.C6H8O7.2Na/c1-2-3-4-5-6-7-8-9-10-23-16(22)15(21)14(20)13(19)12(18)11-17;7-3(8)1-6(13,5(11)12)2-4(9)10;;/h12-22H,2-11H2,1H3;13H,1-2H2,(H,7,8)(H,9,10)(H,11,12);;/q;;2*+1/p-2. The molecule has 0 spiro atoms. The molecule has 0 aliphatic carbocycles. The number of carbonyl (C=O) groups excluding carboxylic acids is 2. The molecular weight excluding hydrogens is 534 g/mol. The third kappa shape index (κ3) is 21.9. The average molecular weight is 575 g/mol. The quantitative estimate of drug-likeness (QED) is 0.0381. The predicted molar refractivity (Wildman–Crippen MR) is 118 cm³/mol. The summed E-state index contributed by atoms with van der Waals surface area (Å²) >= 11 is 0. The first kappa shape index (κ1) is 45.1. The van der Waals surface area contributed by atoms with E-state index in [1.54, 1.807) is 0 Å². The molecule has 0 saturated heterocycles. The summed E-state index contributed by atoms with van der Waals surface area (Å²) in [6.45, 7) is 1.65. The van der Waals surface area contributed by atoms with E-state index in [0.717, 1.165) is 19.3 Å². The van der Waals surface area contributed by atoms with Gasteiger partial charge >= 0.3 is 65.1 Å². The number of unbranched alkanes of at least 4 members (excludes halogenated alkanes) is 7. The largest absolute Gasteiger partial charge is 1.00 e. The van der Waals surface area contributed by atoms with Crippen molar-refractivity contribution in [2.45, 2.75) is 107 Å². The van der Waals surface area contributed by atoms with Gasteiger partial charge in [-0.3, -0.25) is 0 Å². The van der Waals surface area contributed by atoms with E-state index >= 15 is 0 Å². The molecule has 0 fully saturated rings. The van der Waals surface area contributed by atoms with Crippen molar-refractivity contribution in [1.29, 1.82) is 0 Å². The van der Waals surface area contributed by atoms with Crippen molar-refractivity contribution >= 4 is 17.9 Å². The summed E-state index contributed by atoms with van der Waals surface area (Å²) in [6, 6.07) is 0. The van der Waals surface area contributed by atoms with E-state index in [2.05, 4.69) is 6.92 Å². The number of carboxylic acid groups (broad SMARTS) is 3. The number of hydrogen-bond donors (Lipinski definition) is 8. The first-order valence-electron chi connectivity index (χ1n) is 11.7.